The monoisotopic (exact) mass is 565 g/mol. The van der Waals surface area contributed by atoms with Crippen LogP contribution in [0.25, 0.3) is 0 Å². The summed E-state index contributed by atoms with van der Waals surface area (Å²) < 4.78 is 0. The molecule has 0 bridgehead atoms. The van der Waals surface area contributed by atoms with Crippen LogP contribution in [0, 0.1) is 20.8 Å². The number of aromatic nitrogens is 2. The van der Waals surface area contributed by atoms with Crippen molar-refractivity contribution >= 4 is 34.9 Å². The number of nitrogens with one attached hydrogen (secondary N) is 1. The van der Waals surface area contributed by atoms with Gasteiger partial charge in [0.15, 0.2) is 0 Å². The van der Waals surface area contributed by atoms with Gasteiger partial charge in [-0.15, -0.1) is 11.8 Å². The number of benzene rings is 1. The number of thiophene rings is 1. The van der Waals surface area contributed by atoms with Crippen LogP contribution in [-0.2, 0) is 11.3 Å². The molecule has 4 rings (SSSR count). The number of carbonyl (C=O) groups is 2. The number of carbonyl (C=O) groups excluding carboxylic acids is 2. The summed E-state index contributed by atoms with van der Waals surface area (Å²) in [5, 5.41) is 7.27. The molecule has 1 aliphatic heterocycles. The first-order valence-corrected chi connectivity index (χ1v) is 15.5. The predicted octanol–water partition coefficient (Wildman–Crippen LogP) is 5.26. The van der Waals surface area contributed by atoms with Gasteiger partial charge < -0.3 is 15.1 Å². The third kappa shape index (κ3) is 8.13. The molecule has 7 nitrogen and oxygen atoms in total. The van der Waals surface area contributed by atoms with Gasteiger partial charge in [0, 0.05) is 43.2 Å². The van der Waals surface area contributed by atoms with Crippen LogP contribution in [0.4, 0.5) is 0 Å². The normalized spacial score (nSPS) is 15.2. The number of aryl methyl sites for hydroxylation is 3. The fourth-order valence-corrected chi connectivity index (χ4v) is 6.53. The Kier molecular flexibility index (Phi) is 10.5. The van der Waals surface area contributed by atoms with E-state index in [4.69, 9.17) is 0 Å². The van der Waals surface area contributed by atoms with E-state index < -0.39 is 0 Å². The molecule has 0 saturated carbocycles. The highest BCUT2D eigenvalue weighted by atomic mass is 32.2. The maximum absolute atomic E-state index is 13.4. The third-order valence-electron chi connectivity index (χ3n) is 7.50. The highest BCUT2D eigenvalue weighted by Crippen LogP contribution is 2.25. The minimum absolute atomic E-state index is 0.109. The molecule has 1 fully saturated rings. The average Bonchev–Trinajstić information content (AvgIpc) is 3.45. The Morgan fingerprint density at radius 2 is 1.79 bits per heavy atom. The molecule has 1 atom stereocenters. The summed E-state index contributed by atoms with van der Waals surface area (Å²) in [5.74, 6) is 0.550. The fourth-order valence-electron chi connectivity index (χ4n) is 5.09. The summed E-state index contributed by atoms with van der Waals surface area (Å²) in [7, 11) is 0. The van der Waals surface area contributed by atoms with Crippen LogP contribution in [0.3, 0.4) is 0 Å². The van der Waals surface area contributed by atoms with E-state index in [2.05, 4.69) is 80.0 Å². The molecular formula is C30H39N5O2S2. The second-order valence-corrected chi connectivity index (χ2v) is 12.2. The topological polar surface area (TPSA) is 78.4 Å². The van der Waals surface area contributed by atoms with E-state index >= 15 is 0 Å². The van der Waals surface area contributed by atoms with Crippen LogP contribution in [0.1, 0.15) is 59.1 Å². The van der Waals surface area contributed by atoms with Crippen molar-refractivity contribution in [3.8, 4) is 0 Å². The van der Waals surface area contributed by atoms with Crippen molar-refractivity contribution in [2.45, 2.75) is 70.5 Å². The Morgan fingerprint density at radius 1 is 1.10 bits per heavy atom. The van der Waals surface area contributed by atoms with Crippen LogP contribution in [0.15, 0.2) is 52.3 Å². The minimum Gasteiger partial charge on any atom is -0.352 e. The van der Waals surface area contributed by atoms with Crippen molar-refractivity contribution in [1.82, 2.24) is 25.1 Å². The Balaban J connectivity index is 1.28. The van der Waals surface area contributed by atoms with Gasteiger partial charge in [0.2, 0.25) is 5.91 Å². The lowest BCUT2D eigenvalue weighted by atomic mass is 10.00. The molecule has 1 N–H and O–H groups in total. The Bertz CT molecular complexity index is 1200. The first kappa shape index (κ1) is 29.2. The van der Waals surface area contributed by atoms with Gasteiger partial charge in [0.25, 0.3) is 5.91 Å². The molecule has 0 radical (unpaired) electrons. The van der Waals surface area contributed by atoms with Crippen LogP contribution >= 0.6 is 23.1 Å². The lowest BCUT2D eigenvalue weighted by Gasteiger charge is -2.41. The SMILES string of the molecule is Cc1ccc(SCC(=O)N(Cc2ccsc2)C2CCN(C(C)CCNC(=O)c3c(C)ncnc3C)CC2)cc1. The molecule has 1 saturated heterocycles. The van der Waals surface area contributed by atoms with E-state index in [0.717, 1.165) is 37.2 Å². The van der Waals surface area contributed by atoms with Gasteiger partial charge in [-0.1, -0.05) is 17.7 Å². The quantitative estimate of drug-likeness (QED) is 0.320. The van der Waals surface area contributed by atoms with E-state index in [1.54, 1.807) is 23.1 Å². The second-order valence-electron chi connectivity index (χ2n) is 10.3. The number of rotatable bonds is 11. The molecule has 3 heterocycles. The van der Waals surface area contributed by atoms with E-state index in [-0.39, 0.29) is 17.9 Å². The zero-order chi connectivity index (χ0) is 27.8. The number of amides is 2. The van der Waals surface area contributed by atoms with Crippen LogP contribution < -0.4 is 5.32 Å². The number of piperidine rings is 1. The maximum atomic E-state index is 13.4. The van der Waals surface area contributed by atoms with Crippen molar-refractivity contribution in [1.29, 1.82) is 0 Å². The number of nitrogens with zero attached hydrogens (tertiary/aromatic N) is 4. The van der Waals surface area contributed by atoms with Crippen molar-refractivity contribution < 1.29 is 9.59 Å². The highest BCUT2D eigenvalue weighted by molar-refractivity contribution is 8.00. The fraction of sp³-hybridized carbons (Fsp3) is 0.467. The molecular weight excluding hydrogens is 526 g/mol. The van der Waals surface area contributed by atoms with Crippen LogP contribution in [-0.4, -0.2) is 69.1 Å². The van der Waals surface area contributed by atoms with Gasteiger partial charge in [0.1, 0.15) is 6.33 Å². The summed E-state index contributed by atoms with van der Waals surface area (Å²) in [4.78, 5) is 40.1. The van der Waals surface area contributed by atoms with Crippen LogP contribution in [0.5, 0.6) is 0 Å². The summed E-state index contributed by atoms with van der Waals surface area (Å²) in [6.45, 7) is 11.1. The molecule has 0 aliphatic carbocycles. The third-order valence-corrected chi connectivity index (χ3v) is 9.23. The largest absolute Gasteiger partial charge is 0.352 e. The van der Waals surface area contributed by atoms with Crippen LogP contribution in [0.2, 0.25) is 0 Å². The van der Waals surface area contributed by atoms with Gasteiger partial charge in [-0.05, 0) is 81.5 Å². The summed E-state index contributed by atoms with van der Waals surface area (Å²) in [5.41, 5.74) is 4.41. The molecule has 3 aromatic rings. The molecule has 208 valence electrons. The minimum atomic E-state index is -0.109. The average molecular weight is 566 g/mol. The Labute approximate surface area is 240 Å². The van der Waals surface area contributed by atoms with Gasteiger partial charge in [-0.2, -0.15) is 11.3 Å². The second kappa shape index (κ2) is 14.1. The first-order chi connectivity index (χ1) is 18.8. The van der Waals surface area contributed by atoms with E-state index in [9.17, 15) is 9.59 Å². The smallest absolute Gasteiger partial charge is 0.254 e. The number of hydrogen-bond donors (Lipinski definition) is 1. The molecule has 9 heteroatoms. The summed E-state index contributed by atoms with van der Waals surface area (Å²) >= 11 is 3.29. The Hall–Kier alpha value is -2.75. The lowest BCUT2D eigenvalue weighted by molar-refractivity contribution is -0.132. The molecule has 1 unspecified atom stereocenters. The maximum Gasteiger partial charge on any atom is 0.254 e. The molecule has 0 spiro atoms. The Morgan fingerprint density at radius 3 is 2.44 bits per heavy atom. The van der Waals surface area contributed by atoms with Crippen molar-refractivity contribution in [3.63, 3.8) is 0 Å². The predicted molar refractivity (Wildman–Crippen MR) is 159 cm³/mol. The highest BCUT2D eigenvalue weighted by Gasteiger charge is 2.29. The zero-order valence-electron chi connectivity index (χ0n) is 23.4. The summed E-state index contributed by atoms with van der Waals surface area (Å²) in [6.07, 6.45) is 4.28. The van der Waals surface area contributed by atoms with Gasteiger partial charge >= 0.3 is 0 Å². The molecule has 39 heavy (non-hydrogen) atoms. The molecule has 1 aromatic carbocycles. The lowest BCUT2D eigenvalue weighted by Crippen LogP contribution is -2.49. The van der Waals surface area contributed by atoms with E-state index in [1.807, 2.05) is 13.8 Å². The molecule has 2 amide bonds. The van der Waals surface area contributed by atoms with Gasteiger partial charge in [0.05, 0.1) is 22.7 Å². The summed E-state index contributed by atoms with van der Waals surface area (Å²) in [6, 6.07) is 11.1. The number of hydrogen-bond acceptors (Lipinski definition) is 7. The number of thioether (sulfide) groups is 1. The zero-order valence-corrected chi connectivity index (χ0v) is 25.0. The van der Waals surface area contributed by atoms with Gasteiger partial charge in [-0.25, -0.2) is 9.97 Å². The van der Waals surface area contributed by atoms with E-state index in [0.29, 0.717) is 41.8 Å². The number of likely N-dealkylation sites (tertiary alicyclic amines) is 1. The van der Waals surface area contributed by atoms with Crippen molar-refractivity contribution in [3.05, 3.63) is 75.5 Å². The van der Waals surface area contributed by atoms with Crippen molar-refractivity contribution in [2.24, 2.45) is 0 Å². The van der Waals surface area contributed by atoms with E-state index in [1.165, 1.54) is 17.5 Å². The first-order valence-electron chi connectivity index (χ1n) is 13.6. The standard InChI is InChI=1S/C30H39N5O2S2/c1-21-5-7-27(8-6-21)39-19-28(36)35(17-25-12-16-38-18-25)26-10-14-34(15-11-26)22(2)9-13-31-30(37)29-23(3)32-20-33-24(29)4/h5-8,12,16,18,20,22,26H,9-11,13-15,17,19H2,1-4H3,(H,31,37). The van der Waals surface area contributed by atoms with Gasteiger partial charge in [-0.3, -0.25) is 9.59 Å². The molecule has 2 aromatic heterocycles. The van der Waals surface area contributed by atoms with Crippen molar-refractivity contribution in [2.75, 3.05) is 25.4 Å². The molecule has 1 aliphatic rings.